The number of nitrogens with zero attached hydrogens (tertiary/aromatic N) is 2. The molecule has 0 aliphatic heterocycles. The maximum absolute atomic E-state index is 6.09. The van der Waals surface area contributed by atoms with Gasteiger partial charge in [-0.05, 0) is 66.4 Å². The summed E-state index contributed by atoms with van der Waals surface area (Å²) in [5, 5.41) is 0.725. The minimum atomic E-state index is 0.431. The van der Waals surface area contributed by atoms with Crippen molar-refractivity contribution >= 4 is 10.9 Å². The Balaban J connectivity index is 1.27. The summed E-state index contributed by atoms with van der Waals surface area (Å²) in [5.74, 6) is 3.77. The predicted octanol–water partition coefficient (Wildman–Crippen LogP) is 7.02. The molecule has 6 heteroatoms. The molecular weight excluding hydrogens is 452 g/mol. The van der Waals surface area contributed by atoms with Crippen LogP contribution in [0.1, 0.15) is 11.1 Å². The number of hydrogen-bond donors (Lipinski definition) is 0. The minimum Gasteiger partial charge on any atom is -0.493 e. The average molecular weight is 479 g/mol. The second-order valence-electron chi connectivity index (χ2n) is 8.21. The van der Waals surface area contributed by atoms with Crippen LogP contribution < -0.4 is 18.9 Å². The van der Waals surface area contributed by atoms with E-state index in [1.54, 1.807) is 20.3 Å². The molecule has 6 nitrogen and oxygen atoms in total. The molecule has 0 atom stereocenters. The van der Waals surface area contributed by atoms with E-state index < -0.39 is 0 Å². The van der Waals surface area contributed by atoms with Gasteiger partial charge in [-0.3, -0.25) is 0 Å². The Morgan fingerprint density at radius 2 is 1.25 bits per heavy atom. The Bertz CT molecular complexity index is 1450. The van der Waals surface area contributed by atoms with Crippen LogP contribution in [0.15, 0.2) is 97.3 Å². The van der Waals surface area contributed by atoms with E-state index in [9.17, 15) is 0 Å². The minimum absolute atomic E-state index is 0.431. The van der Waals surface area contributed by atoms with Gasteiger partial charge in [-0.15, -0.1) is 0 Å². The first kappa shape index (κ1) is 23.2. The van der Waals surface area contributed by atoms with Crippen molar-refractivity contribution in [2.75, 3.05) is 14.2 Å². The van der Waals surface area contributed by atoms with Gasteiger partial charge in [0.15, 0.2) is 11.5 Å². The number of hydrogen-bond acceptors (Lipinski definition) is 6. The van der Waals surface area contributed by atoms with Crippen molar-refractivity contribution in [3.05, 3.63) is 108 Å². The largest absolute Gasteiger partial charge is 0.493 e. The van der Waals surface area contributed by atoms with E-state index in [-0.39, 0.29) is 0 Å². The van der Waals surface area contributed by atoms with Crippen LogP contribution in [0.2, 0.25) is 0 Å². The van der Waals surface area contributed by atoms with E-state index in [0.717, 1.165) is 29.7 Å². The van der Waals surface area contributed by atoms with E-state index in [1.165, 1.54) is 17.5 Å². The standard InChI is InChI=1S/C30H26N2O4/c1-33-28-18-26-27(19-29(28)34-2)31-20-32-30(26)36-24-15-13-23(14-16-24)35-25-10-6-9-22(17-25)12-11-21-7-4-3-5-8-21/h3-10,13-20H,11-12H2,1-2H3. The van der Waals surface area contributed by atoms with Crippen LogP contribution in [0.5, 0.6) is 34.6 Å². The molecule has 0 N–H and O–H groups in total. The van der Waals surface area contributed by atoms with Gasteiger partial charge in [0.25, 0.3) is 0 Å². The van der Waals surface area contributed by atoms with Crippen molar-refractivity contribution in [3.8, 4) is 34.6 Å². The lowest BCUT2D eigenvalue weighted by Crippen LogP contribution is -1.95. The van der Waals surface area contributed by atoms with Gasteiger partial charge in [-0.25, -0.2) is 9.97 Å². The maximum Gasteiger partial charge on any atom is 0.230 e. The normalized spacial score (nSPS) is 10.7. The first-order valence-electron chi connectivity index (χ1n) is 11.7. The fourth-order valence-electron chi connectivity index (χ4n) is 3.96. The molecule has 0 fully saturated rings. The number of methoxy groups -OCH3 is 2. The van der Waals surface area contributed by atoms with Crippen LogP contribution in [0.25, 0.3) is 10.9 Å². The molecular formula is C30H26N2O4. The molecule has 0 aliphatic carbocycles. The fourth-order valence-corrected chi connectivity index (χ4v) is 3.96. The smallest absolute Gasteiger partial charge is 0.230 e. The molecule has 0 amide bonds. The molecule has 0 saturated carbocycles. The van der Waals surface area contributed by atoms with Gasteiger partial charge in [0.1, 0.15) is 23.6 Å². The van der Waals surface area contributed by atoms with Gasteiger partial charge in [0, 0.05) is 6.07 Å². The third-order valence-corrected chi connectivity index (χ3v) is 5.82. The summed E-state index contributed by atoms with van der Waals surface area (Å²) in [6.07, 6.45) is 3.41. The summed E-state index contributed by atoms with van der Waals surface area (Å²) < 4.78 is 22.9. The fraction of sp³-hybridized carbons (Fsp3) is 0.133. The number of rotatable bonds is 9. The Labute approximate surface area is 210 Å². The average Bonchev–Trinajstić information content (AvgIpc) is 2.93. The summed E-state index contributed by atoms with van der Waals surface area (Å²) in [7, 11) is 3.18. The number of aromatic nitrogens is 2. The molecule has 5 aromatic rings. The van der Waals surface area contributed by atoms with Gasteiger partial charge < -0.3 is 18.9 Å². The van der Waals surface area contributed by atoms with Crippen molar-refractivity contribution in [2.45, 2.75) is 12.8 Å². The lowest BCUT2D eigenvalue weighted by atomic mass is 10.0. The zero-order chi connectivity index (χ0) is 24.7. The highest BCUT2D eigenvalue weighted by molar-refractivity contribution is 5.87. The molecule has 0 aliphatic rings. The number of benzene rings is 4. The van der Waals surface area contributed by atoms with Crippen molar-refractivity contribution in [1.82, 2.24) is 9.97 Å². The summed E-state index contributed by atoms with van der Waals surface area (Å²) >= 11 is 0. The SMILES string of the molecule is COc1cc2ncnc(Oc3ccc(Oc4cccc(CCc5ccccc5)c4)cc3)c2cc1OC. The third-order valence-electron chi connectivity index (χ3n) is 5.82. The summed E-state index contributed by atoms with van der Waals surface area (Å²) in [6, 6.07) is 29.8. The van der Waals surface area contributed by atoms with Gasteiger partial charge >= 0.3 is 0 Å². The van der Waals surface area contributed by atoms with Crippen molar-refractivity contribution in [3.63, 3.8) is 0 Å². The van der Waals surface area contributed by atoms with Crippen molar-refractivity contribution in [1.29, 1.82) is 0 Å². The third kappa shape index (κ3) is 5.39. The first-order chi connectivity index (χ1) is 17.7. The molecule has 0 unspecified atom stereocenters. The van der Waals surface area contributed by atoms with Crippen LogP contribution in [-0.2, 0) is 12.8 Å². The van der Waals surface area contributed by atoms with Crippen molar-refractivity contribution < 1.29 is 18.9 Å². The molecule has 0 bridgehead atoms. The molecule has 0 saturated heterocycles. The highest BCUT2D eigenvalue weighted by Gasteiger charge is 2.12. The summed E-state index contributed by atoms with van der Waals surface area (Å²) in [6.45, 7) is 0. The Morgan fingerprint density at radius 1 is 0.583 bits per heavy atom. The predicted molar refractivity (Wildman–Crippen MR) is 140 cm³/mol. The van der Waals surface area contributed by atoms with E-state index in [0.29, 0.717) is 28.6 Å². The topological polar surface area (TPSA) is 62.7 Å². The van der Waals surface area contributed by atoms with Crippen LogP contribution >= 0.6 is 0 Å². The second-order valence-corrected chi connectivity index (χ2v) is 8.21. The molecule has 4 aromatic carbocycles. The summed E-state index contributed by atoms with van der Waals surface area (Å²) in [5.41, 5.74) is 3.26. The van der Waals surface area contributed by atoms with Crippen LogP contribution in [-0.4, -0.2) is 24.2 Å². The lowest BCUT2D eigenvalue weighted by Gasteiger charge is -2.12. The first-order valence-corrected chi connectivity index (χ1v) is 11.7. The van der Waals surface area contributed by atoms with Gasteiger partial charge in [-0.2, -0.15) is 0 Å². The van der Waals surface area contributed by atoms with Gasteiger partial charge in [0.05, 0.1) is 25.1 Å². The highest BCUT2D eigenvalue weighted by atomic mass is 16.5. The summed E-state index contributed by atoms with van der Waals surface area (Å²) in [4.78, 5) is 8.63. The van der Waals surface area contributed by atoms with Gasteiger partial charge in [0.2, 0.25) is 5.88 Å². The van der Waals surface area contributed by atoms with Gasteiger partial charge in [-0.1, -0.05) is 42.5 Å². The Morgan fingerprint density at radius 3 is 2.00 bits per heavy atom. The zero-order valence-corrected chi connectivity index (χ0v) is 20.2. The second kappa shape index (κ2) is 10.8. The van der Waals surface area contributed by atoms with E-state index >= 15 is 0 Å². The van der Waals surface area contributed by atoms with E-state index in [2.05, 4.69) is 46.4 Å². The molecule has 0 radical (unpaired) electrons. The molecule has 5 rings (SSSR count). The zero-order valence-electron chi connectivity index (χ0n) is 20.2. The monoisotopic (exact) mass is 478 g/mol. The molecule has 36 heavy (non-hydrogen) atoms. The molecule has 1 heterocycles. The van der Waals surface area contributed by atoms with E-state index in [1.807, 2.05) is 48.5 Å². The highest BCUT2D eigenvalue weighted by Crippen LogP contribution is 2.36. The molecule has 180 valence electrons. The molecule has 0 spiro atoms. The Kier molecular flexibility index (Phi) is 6.94. The van der Waals surface area contributed by atoms with Crippen molar-refractivity contribution in [2.24, 2.45) is 0 Å². The molecule has 1 aromatic heterocycles. The maximum atomic E-state index is 6.09. The Hall–Kier alpha value is -4.58. The lowest BCUT2D eigenvalue weighted by molar-refractivity contribution is 0.355. The van der Waals surface area contributed by atoms with E-state index in [4.69, 9.17) is 18.9 Å². The van der Waals surface area contributed by atoms with Crippen LogP contribution in [0.4, 0.5) is 0 Å². The number of ether oxygens (including phenoxy) is 4. The van der Waals surface area contributed by atoms with Crippen LogP contribution in [0, 0.1) is 0 Å². The quantitative estimate of drug-likeness (QED) is 0.227. The number of aryl methyl sites for hydroxylation is 2. The van der Waals surface area contributed by atoms with Crippen LogP contribution in [0.3, 0.4) is 0 Å². The number of fused-ring (bicyclic) bond motifs is 1.